The quantitative estimate of drug-likeness (QED) is 0.0974. The van der Waals surface area contributed by atoms with Crippen LogP contribution in [-0.4, -0.2) is 6.18 Å². The Morgan fingerprint density at radius 1 is 0.373 bits per heavy atom. The predicted octanol–water partition coefficient (Wildman–Crippen LogP) is 13.9. The molecule has 0 aliphatic carbocycles. The summed E-state index contributed by atoms with van der Waals surface area (Å²) in [6.07, 6.45) is -16.0. The van der Waals surface area contributed by atoms with E-state index in [1.165, 1.54) is 54.6 Å². The van der Waals surface area contributed by atoms with Crippen LogP contribution in [0.25, 0.3) is 76.1 Å². The van der Waals surface area contributed by atoms with Crippen LogP contribution in [0.3, 0.4) is 0 Å². The van der Waals surface area contributed by atoms with Gasteiger partial charge in [0.05, 0.1) is 11.1 Å². The topological polar surface area (TPSA) is 0 Å². The second kappa shape index (κ2) is 10.8. The van der Waals surface area contributed by atoms with Gasteiger partial charge in [0, 0.05) is 5.56 Å². The van der Waals surface area contributed by atoms with Crippen LogP contribution >= 0.6 is 0 Å². The van der Waals surface area contributed by atoms with E-state index < -0.39 is 41.1 Å². The Morgan fingerprint density at radius 3 is 1.24 bits per heavy atom. The van der Waals surface area contributed by atoms with E-state index in [1.807, 2.05) is 0 Å². The maximum atomic E-state index is 15.3. The fourth-order valence-corrected chi connectivity index (χ4v) is 7.28. The first-order valence-corrected chi connectivity index (χ1v) is 15.4. The molecular weight excluding hydrogens is 689 g/mol. The minimum atomic E-state index is -5.88. The van der Waals surface area contributed by atoms with Crippen LogP contribution in [0.1, 0.15) is 16.7 Å². The van der Waals surface area contributed by atoms with Crippen LogP contribution in [0.5, 0.6) is 0 Å². The largest absolute Gasteiger partial charge is 0.458 e. The molecule has 0 amide bonds. The fraction of sp³-hybridized carbons (Fsp3) is 0.100. The minimum absolute atomic E-state index is 0.0657. The van der Waals surface area contributed by atoms with E-state index in [4.69, 9.17) is 0 Å². The van der Waals surface area contributed by atoms with Crippen LogP contribution in [0.15, 0.2) is 115 Å². The molecule has 0 bridgehead atoms. The van der Waals surface area contributed by atoms with Gasteiger partial charge in [-0.25, -0.2) is 0 Å². The Bertz CT molecular complexity index is 2590. The first kappa shape index (κ1) is 32.7. The summed E-state index contributed by atoms with van der Waals surface area (Å²) in [4.78, 5) is 0. The maximum absolute atomic E-state index is 15.3. The molecule has 0 heterocycles. The van der Waals surface area contributed by atoms with Crippen LogP contribution in [0.2, 0.25) is 0 Å². The lowest BCUT2D eigenvalue weighted by atomic mass is 9.83. The van der Waals surface area contributed by atoms with Crippen LogP contribution in [-0.2, 0) is 18.3 Å². The first-order valence-electron chi connectivity index (χ1n) is 15.4. The van der Waals surface area contributed by atoms with Crippen molar-refractivity contribution in [1.29, 1.82) is 0 Å². The van der Waals surface area contributed by atoms with Gasteiger partial charge in [0.1, 0.15) is 0 Å². The van der Waals surface area contributed by atoms with Gasteiger partial charge in [-0.05, 0) is 94.3 Å². The number of hydrogen-bond donors (Lipinski definition) is 0. The maximum Gasteiger partial charge on any atom is 0.458 e. The van der Waals surface area contributed by atoms with E-state index in [1.54, 1.807) is 42.5 Å². The normalized spacial score (nSPS) is 13.4. The lowest BCUT2D eigenvalue weighted by Crippen LogP contribution is -2.34. The van der Waals surface area contributed by atoms with Crippen molar-refractivity contribution in [3.63, 3.8) is 0 Å². The van der Waals surface area contributed by atoms with E-state index in [0.717, 1.165) is 0 Å². The summed E-state index contributed by atoms with van der Waals surface area (Å²) in [6.45, 7) is 0. The van der Waals surface area contributed by atoms with Crippen molar-refractivity contribution >= 4 is 53.9 Å². The summed E-state index contributed by atoms with van der Waals surface area (Å²) in [5.74, 6) is -5.20. The molecule has 0 aliphatic rings. The molecule has 0 aromatic heterocycles. The standard InChI is InChI=1S/C40H19F11/c41-37(42,40(49,50)51)36-31-7-3-1-5-26(31)35(27-6-2-4-8-32(27)36)30-16-12-21-10-14-28-25(13-9-20-11-15-29(30)34(21)33(20)28)22-17-23(38(43,44)45)19-24(18-22)39(46,47)48/h1-19H. The predicted molar refractivity (Wildman–Crippen MR) is 176 cm³/mol. The van der Waals surface area contributed by atoms with Crippen molar-refractivity contribution < 1.29 is 48.3 Å². The zero-order valence-corrected chi connectivity index (χ0v) is 25.6. The third kappa shape index (κ3) is 4.96. The van der Waals surface area contributed by atoms with Crippen LogP contribution in [0.4, 0.5) is 48.3 Å². The number of halogens is 11. The molecule has 8 rings (SSSR count). The van der Waals surface area contributed by atoms with Gasteiger partial charge in [0.25, 0.3) is 0 Å². The van der Waals surface area contributed by atoms with Crippen molar-refractivity contribution in [2.24, 2.45) is 0 Å². The molecular formula is C40H19F11. The molecule has 8 aromatic carbocycles. The third-order valence-electron chi connectivity index (χ3n) is 9.43. The third-order valence-corrected chi connectivity index (χ3v) is 9.43. The Morgan fingerprint density at radius 2 is 0.784 bits per heavy atom. The van der Waals surface area contributed by atoms with Crippen molar-refractivity contribution in [2.75, 3.05) is 0 Å². The van der Waals surface area contributed by atoms with Gasteiger partial charge in [0.15, 0.2) is 0 Å². The second-order valence-electron chi connectivity index (χ2n) is 12.4. The van der Waals surface area contributed by atoms with Gasteiger partial charge in [-0.15, -0.1) is 0 Å². The van der Waals surface area contributed by atoms with E-state index >= 15 is 8.78 Å². The van der Waals surface area contributed by atoms with Gasteiger partial charge in [0.2, 0.25) is 0 Å². The van der Waals surface area contributed by atoms with E-state index in [2.05, 4.69) is 0 Å². The van der Waals surface area contributed by atoms with Crippen molar-refractivity contribution in [1.82, 2.24) is 0 Å². The summed E-state index contributed by atoms with van der Waals surface area (Å²) in [5.41, 5.74) is -3.41. The molecule has 0 nitrogen and oxygen atoms in total. The average molecular weight is 709 g/mol. The molecule has 0 atom stereocenters. The summed E-state index contributed by atoms with van der Waals surface area (Å²) < 4.78 is 155. The number of fused-ring (bicyclic) bond motifs is 2. The lowest BCUT2D eigenvalue weighted by molar-refractivity contribution is -0.288. The second-order valence-corrected chi connectivity index (χ2v) is 12.4. The van der Waals surface area contributed by atoms with E-state index in [0.29, 0.717) is 55.6 Å². The Balaban J connectivity index is 1.47. The first-order chi connectivity index (χ1) is 24.0. The van der Waals surface area contributed by atoms with Gasteiger partial charge in [-0.2, -0.15) is 48.3 Å². The van der Waals surface area contributed by atoms with Crippen LogP contribution in [0, 0.1) is 0 Å². The Kier molecular flexibility index (Phi) is 6.92. The lowest BCUT2D eigenvalue weighted by Gasteiger charge is -2.25. The van der Waals surface area contributed by atoms with Gasteiger partial charge in [-0.1, -0.05) is 97.1 Å². The molecule has 8 aromatic rings. The van der Waals surface area contributed by atoms with Gasteiger partial charge < -0.3 is 0 Å². The highest BCUT2D eigenvalue weighted by molar-refractivity contribution is 6.29. The number of rotatable bonds is 3. The highest BCUT2D eigenvalue weighted by atomic mass is 19.4. The Hall–Kier alpha value is -5.45. The molecule has 51 heavy (non-hydrogen) atoms. The van der Waals surface area contributed by atoms with Crippen molar-refractivity contribution in [3.05, 3.63) is 132 Å². The molecule has 0 saturated heterocycles. The highest BCUT2D eigenvalue weighted by Gasteiger charge is 2.60. The van der Waals surface area contributed by atoms with Crippen molar-refractivity contribution in [3.8, 4) is 22.3 Å². The summed E-state index contributed by atoms with van der Waals surface area (Å²) in [5, 5.41) is 3.00. The molecule has 0 N–H and O–H groups in total. The zero-order valence-electron chi connectivity index (χ0n) is 25.6. The molecule has 256 valence electrons. The molecule has 0 fully saturated rings. The Labute approximate surface area is 280 Å². The summed E-state index contributed by atoms with van der Waals surface area (Å²) in [7, 11) is 0. The smallest absolute Gasteiger partial charge is 0.191 e. The molecule has 0 saturated carbocycles. The minimum Gasteiger partial charge on any atom is -0.191 e. The number of alkyl halides is 11. The van der Waals surface area contributed by atoms with E-state index in [-0.39, 0.29) is 38.7 Å². The molecule has 0 unspecified atom stereocenters. The summed E-state index contributed by atoms with van der Waals surface area (Å²) >= 11 is 0. The summed E-state index contributed by atoms with van der Waals surface area (Å²) in [6, 6.07) is 25.9. The zero-order chi connectivity index (χ0) is 36.2. The highest BCUT2D eigenvalue weighted by Crippen LogP contribution is 2.53. The number of benzene rings is 8. The van der Waals surface area contributed by atoms with Crippen molar-refractivity contribution in [2.45, 2.75) is 24.5 Å². The average Bonchev–Trinajstić information content (AvgIpc) is 3.08. The van der Waals surface area contributed by atoms with Crippen LogP contribution < -0.4 is 0 Å². The number of hydrogen-bond acceptors (Lipinski definition) is 0. The monoisotopic (exact) mass is 708 g/mol. The molecule has 0 spiro atoms. The fourth-order valence-electron chi connectivity index (χ4n) is 7.28. The molecule has 0 radical (unpaired) electrons. The van der Waals surface area contributed by atoms with Gasteiger partial charge >= 0.3 is 24.5 Å². The van der Waals surface area contributed by atoms with Gasteiger partial charge in [-0.3, -0.25) is 0 Å². The molecule has 11 heteroatoms. The molecule has 0 aliphatic heterocycles. The SMILES string of the molecule is FC(F)(F)c1cc(-c2ccc3ccc4c(-c5c6ccccc6c(C(F)(F)C(F)(F)F)c6ccccc56)ccc5ccc2c3c54)cc(C(F)(F)F)c1. The van der Waals surface area contributed by atoms with E-state index in [9.17, 15) is 39.5 Å².